The molecule has 0 spiro atoms. The van der Waals surface area contributed by atoms with E-state index in [4.69, 9.17) is 4.74 Å². The second kappa shape index (κ2) is 8.49. The van der Waals surface area contributed by atoms with Gasteiger partial charge in [-0.2, -0.15) is 0 Å². The van der Waals surface area contributed by atoms with Gasteiger partial charge in [0.1, 0.15) is 0 Å². The van der Waals surface area contributed by atoms with Crippen molar-refractivity contribution < 1.29 is 9.53 Å². The summed E-state index contributed by atoms with van der Waals surface area (Å²) in [4.78, 5) is 26.8. The lowest BCUT2D eigenvalue weighted by Gasteiger charge is -2.32. The van der Waals surface area contributed by atoms with Crippen LogP contribution >= 0.6 is 0 Å². The Balaban J connectivity index is 1.39. The van der Waals surface area contributed by atoms with Gasteiger partial charge in [0.2, 0.25) is 0 Å². The SMILES string of the molecule is Cc1ccc(C2OCCCC2CNC(=O)Nc2ccc3c(=O)[nH]ccc3c2)cc1. The van der Waals surface area contributed by atoms with Crippen molar-refractivity contribution in [3.8, 4) is 0 Å². The molecule has 2 heterocycles. The predicted octanol–water partition coefficient (Wildman–Crippen LogP) is 4.13. The van der Waals surface area contributed by atoms with Crippen LogP contribution in [-0.4, -0.2) is 24.2 Å². The minimum Gasteiger partial charge on any atom is -0.373 e. The molecule has 6 heteroatoms. The molecule has 2 aromatic carbocycles. The number of fused-ring (bicyclic) bond motifs is 1. The third-order valence-electron chi connectivity index (χ3n) is 5.41. The molecule has 1 aromatic heterocycles. The van der Waals surface area contributed by atoms with Crippen molar-refractivity contribution in [3.05, 3.63) is 76.2 Å². The quantitative estimate of drug-likeness (QED) is 0.625. The first kappa shape index (κ1) is 19.2. The number of hydrogen-bond acceptors (Lipinski definition) is 3. The molecule has 0 radical (unpaired) electrons. The van der Waals surface area contributed by atoms with E-state index >= 15 is 0 Å². The zero-order valence-electron chi connectivity index (χ0n) is 16.4. The Morgan fingerprint density at radius 2 is 2.00 bits per heavy atom. The predicted molar refractivity (Wildman–Crippen MR) is 114 cm³/mol. The van der Waals surface area contributed by atoms with Crippen molar-refractivity contribution in [1.82, 2.24) is 10.3 Å². The number of ether oxygens (including phenoxy) is 1. The molecule has 2 unspecified atom stereocenters. The largest absolute Gasteiger partial charge is 0.373 e. The van der Waals surface area contributed by atoms with Gasteiger partial charge in [0.15, 0.2) is 0 Å². The summed E-state index contributed by atoms with van der Waals surface area (Å²) in [5, 5.41) is 7.21. The number of hydrogen-bond donors (Lipinski definition) is 3. The van der Waals surface area contributed by atoms with Crippen LogP contribution in [0.4, 0.5) is 10.5 Å². The molecule has 0 bridgehead atoms. The van der Waals surface area contributed by atoms with Crippen LogP contribution in [0.3, 0.4) is 0 Å². The number of aromatic amines is 1. The maximum atomic E-state index is 12.4. The third kappa shape index (κ3) is 4.49. The summed E-state index contributed by atoms with van der Waals surface area (Å²) in [6.07, 6.45) is 3.60. The molecule has 1 aliphatic heterocycles. The first-order valence-electron chi connectivity index (χ1n) is 9.94. The van der Waals surface area contributed by atoms with Crippen LogP contribution < -0.4 is 16.2 Å². The van der Waals surface area contributed by atoms with E-state index in [-0.39, 0.29) is 23.6 Å². The number of anilines is 1. The number of carbonyl (C=O) groups is 1. The Bertz CT molecular complexity index is 1060. The number of H-pyrrole nitrogens is 1. The molecule has 150 valence electrons. The van der Waals surface area contributed by atoms with Crippen LogP contribution in [0.15, 0.2) is 59.5 Å². The van der Waals surface area contributed by atoms with Gasteiger partial charge in [-0.05, 0) is 55.0 Å². The maximum absolute atomic E-state index is 12.4. The topological polar surface area (TPSA) is 83.2 Å². The molecule has 3 N–H and O–H groups in total. The van der Waals surface area contributed by atoms with Crippen LogP contribution in [0.25, 0.3) is 10.8 Å². The van der Waals surface area contributed by atoms with E-state index in [0.29, 0.717) is 17.6 Å². The van der Waals surface area contributed by atoms with E-state index < -0.39 is 0 Å². The second-order valence-corrected chi connectivity index (χ2v) is 7.55. The number of aryl methyl sites for hydroxylation is 1. The summed E-state index contributed by atoms with van der Waals surface area (Å²) in [7, 11) is 0. The Labute approximate surface area is 169 Å². The monoisotopic (exact) mass is 391 g/mol. The van der Waals surface area contributed by atoms with Crippen LogP contribution in [0.1, 0.15) is 30.1 Å². The molecule has 3 aromatic rings. The summed E-state index contributed by atoms with van der Waals surface area (Å²) in [6.45, 7) is 3.35. The minimum absolute atomic E-state index is 0.00274. The van der Waals surface area contributed by atoms with Crippen molar-refractivity contribution in [2.24, 2.45) is 5.92 Å². The van der Waals surface area contributed by atoms with E-state index in [9.17, 15) is 9.59 Å². The standard InChI is InChI=1S/C23H25N3O3/c1-15-4-6-16(7-5-15)21-18(3-2-12-29-21)14-25-23(28)26-19-8-9-20-17(13-19)10-11-24-22(20)27/h4-11,13,18,21H,2-3,12,14H2,1H3,(H,24,27)(H2,25,26,28). The molecule has 6 nitrogen and oxygen atoms in total. The fourth-order valence-corrected chi connectivity index (χ4v) is 3.85. The molecular weight excluding hydrogens is 366 g/mol. The lowest BCUT2D eigenvalue weighted by atomic mass is 9.89. The highest BCUT2D eigenvalue weighted by Crippen LogP contribution is 2.33. The smallest absolute Gasteiger partial charge is 0.319 e. The zero-order valence-corrected chi connectivity index (χ0v) is 16.4. The first-order valence-corrected chi connectivity index (χ1v) is 9.94. The number of aromatic nitrogens is 1. The van der Waals surface area contributed by atoms with E-state index in [0.717, 1.165) is 30.4 Å². The number of amides is 2. The molecule has 0 saturated carbocycles. The summed E-state index contributed by atoms with van der Waals surface area (Å²) in [6, 6.07) is 15.2. The van der Waals surface area contributed by atoms with Gasteiger partial charge in [0, 0.05) is 36.3 Å². The highest BCUT2D eigenvalue weighted by atomic mass is 16.5. The average Bonchev–Trinajstić information content (AvgIpc) is 2.73. The van der Waals surface area contributed by atoms with Gasteiger partial charge in [-0.15, -0.1) is 0 Å². The Kier molecular flexibility index (Phi) is 5.62. The van der Waals surface area contributed by atoms with Crippen LogP contribution in [0, 0.1) is 12.8 Å². The maximum Gasteiger partial charge on any atom is 0.319 e. The summed E-state index contributed by atoms with van der Waals surface area (Å²) in [5.74, 6) is 0.229. The van der Waals surface area contributed by atoms with Crippen molar-refractivity contribution in [3.63, 3.8) is 0 Å². The Hall–Kier alpha value is -3.12. The molecule has 2 atom stereocenters. The van der Waals surface area contributed by atoms with Gasteiger partial charge < -0.3 is 20.4 Å². The van der Waals surface area contributed by atoms with Crippen molar-refractivity contribution in [1.29, 1.82) is 0 Å². The number of rotatable bonds is 4. The van der Waals surface area contributed by atoms with Crippen LogP contribution in [0.2, 0.25) is 0 Å². The third-order valence-corrected chi connectivity index (χ3v) is 5.41. The van der Waals surface area contributed by atoms with Crippen molar-refractivity contribution in [2.75, 3.05) is 18.5 Å². The van der Waals surface area contributed by atoms with Gasteiger partial charge in [-0.25, -0.2) is 4.79 Å². The number of pyridine rings is 1. The lowest BCUT2D eigenvalue weighted by Crippen LogP contribution is -2.37. The minimum atomic E-state index is -0.262. The van der Waals surface area contributed by atoms with E-state index in [1.165, 1.54) is 5.56 Å². The molecule has 4 rings (SSSR count). The summed E-state index contributed by atoms with van der Waals surface area (Å²) >= 11 is 0. The molecule has 2 amide bonds. The fraction of sp³-hybridized carbons (Fsp3) is 0.304. The number of urea groups is 1. The van der Waals surface area contributed by atoms with E-state index in [2.05, 4.69) is 46.8 Å². The lowest BCUT2D eigenvalue weighted by molar-refractivity contribution is -0.0268. The fourth-order valence-electron chi connectivity index (χ4n) is 3.85. The van der Waals surface area contributed by atoms with Crippen molar-refractivity contribution >= 4 is 22.5 Å². The molecule has 29 heavy (non-hydrogen) atoms. The number of nitrogens with one attached hydrogen (secondary N) is 3. The average molecular weight is 391 g/mol. The van der Waals surface area contributed by atoms with Gasteiger partial charge in [0.25, 0.3) is 5.56 Å². The second-order valence-electron chi connectivity index (χ2n) is 7.55. The Morgan fingerprint density at radius 1 is 1.17 bits per heavy atom. The summed E-state index contributed by atoms with van der Waals surface area (Å²) in [5.41, 5.74) is 2.88. The molecule has 0 aliphatic carbocycles. The molecule has 1 fully saturated rings. The zero-order chi connectivity index (χ0) is 20.2. The highest BCUT2D eigenvalue weighted by molar-refractivity contribution is 5.93. The molecule has 1 aliphatic rings. The summed E-state index contributed by atoms with van der Waals surface area (Å²) < 4.78 is 6.02. The van der Waals surface area contributed by atoms with Gasteiger partial charge in [-0.3, -0.25) is 4.79 Å². The van der Waals surface area contributed by atoms with Crippen molar-refractivity contribution in [2.45, 2.75) is 25.9 Å². The normalized spacial score (nSPS) is 19.1. The molecule has 1 saturated heterocycles. The Morgan fingerprint density at radius 3 is 2.83 bits per heavy atom. The first-order chi connectivity index (χ1) is 14.1. The number of carbonyl (C=O) groups excluding carboxylic acids is 1. The van der Waals surface area contributed by atoms with E-state index in [1.54, 1.807) is 24.4 Å². The van der Waals surface area contributed by atoms with Gasteiger partial charge >= 0.3 is 6.03 Å². The van der Waals surface area contributed by atoms with E-state index in [1.807, 2.05) is 6.07 Å². The van der Waals surface area contributed by atoms with Gasteiger partial charge in [-0.1, -0.05) is 29.8 Å². The van der Waals surface area contributed by atoms with Crippen LogP contribution in [-0.2, 0) is 4.74 Å². The van der Waals surface area contributed by atoms with Gasteiger partial charge in [0.05, 0.1) is 6.10 Å². The number of benzene rings is 2. The molecular formula is C23H25N3O3. The highest BCUT2D eigenvalue weighted by Gasteiger charge is 2.27. The van der Waals surface area contributed by atoms with Crippen LogP contribution in [0.5, 0.6) is 0 Å².